The van der Waals surface area contributed by atoms with Crippen molar-refractivity contribution in [2.45, 2.75) is 40.3 Å². The van der Waals surface area contributed by atoms with Crippen molar-refractivity contribution in [1.29, 1.82) is 0 Å². The summed E-state index contributed by atoms with van der Waals surface area (Å²) in [6.07, 6.45) is 0.610. The molecule has 0 aromatic carbocycles. The molecule has 0 spiro atoms. The minimum Gasteiger partial charge on any atom is -1.00 e. The van der Waals surface area contributed by atoms with E-state index in [1.165, 1.54) is 19.6 Å². The Balaban J connectivity index is -0.0000000481. The van der Waals surface area contributed by atoms with Gasteiger partial charge in [0.25, 0.3) is 0 Å². The Morgan fingerprint density at radius 3 is 0.875 bits per heavy atom. The summed E-state index contributed by atoms with van der Waals surface area (Å²) in [6.45, 7) is 12.3. The molecule has 1 N–H and O–H groups in total. The van der Waals surface area contributed by atoms with Crippen molar-refractivity contribution in [3.8, 4) is 0 Å². The maximum absolute atomic E-state index is 9.17. The summed E-state index contributed by atoms with van der Waals surface area (Å²) >= 11 is 0. The van der Waals surface area contributed by atoms with E-state index in [0.29, 0.717) is 4.48 Å². The van der Waals surface area contributed by atoms with Crippen LogP contribution < -0.4 is 14.1 Å². The molecular formula is C17H46F3N3O. The number of aliphatic hydroxyl groups excluding tert-OH is 1. The van der Waals surface area contributed by atoms with Gasteiger partial charge in [0.1, 0.15) is 0 Å². The number of hydrogen-bond acceptors (Lipinski definition) is 1. The summed E-state index contributed by atoms with van der Waals surface area (Å²) in [5.41, 5.74) is 0. The fourth-order valence-corrected chi connectivity index (χ4v) is 0.771. The van der Waals surface area contributed by atoms with E-state index >= 15 is 0 Å². The van der Waals surface area contributed by atoms with Gasteiger partial charge in [0, 0.05) is 6.42 Å². The Morgan fingerprint density at radius 1 is 0.625 bits per heavy atom. The molecule has 0 saturated carbocycles. The number of aliphatic hydroxyl groups is 1. The number of halogens is 3. The summed E-state index contributed by atoms with van der Waals surface area (Å²) in [6, 6.07) is 0. The van der Waals surface area contributed by atoms with Gasteiger partial charge in [0.05, 0.1) is 76.0 Å². The fraction of sp³-hybridized carbons (Fsp3) is 1.00. The smallest absolute Gasteiger partial charge is 0.189 e. The highest BCUT2D eigenvalue weighted by atomic mass is 19.0. The van der Waals surface area contributed by atoms with E-state index in [1.54, 1.807) is 0 Å². The van der Waals surface area contributed by atoms with Crippen LogP contribution in [-0.4, -0.2) is 101 Å². The second-order valence-electron chi connectivity index (χ2n) is 8.18. The van der Waals surface area contributed by atoms with Gasteiger partial charge in [-0.15, -0.1) is 0 Å². The average Bonchev–Trinajstić information content (AvgIpc) is 2.37. The lowest BCUT2D eigenvalue weighted by Gasteiger charge is -2.28. The number of rotatable bonds is 5. The fourth-order valence-electron chi connectivity index (χ4n) is 0.771. The zero-order chi connectivity index (χ0) is 17.9. The van der Waals surface area contributed by atoms with Gasteiger partial charge in [-0.1, -0.05) is 6.92 Å². The van der Waals surface area contributed by atoms with Crippen LogP contribution in [0.2, 0.25) is 0 Å². The second kappa shape index (κ2) is 17.5. The molecule has 0 saturated heterocycles. The van der Waals surface area contributed by atoms with Gasteiger partial charge in [0.15, 0.2) is 6.23 Å². The lowest BCUT2D eigenvalue weighted by atomic mass is 10.4. The monoisotopic (exact) mass is 365 g/mol. The largest absolute Gasteiger partial charge is 1.00 e. The average molecular weight is 366 g/mol. The number of hydrogen-bond donors (Lipinski definition) is 1. The summed E-state index contributed by atoms with van der Waals surface area (Å²) < 4.78 is 2.84. The van der Waals surface area contributed by atoms with Crippen molar-refractivity contribution in [3.63, 3.8) is 0 Å². The first-order valence-electron chi connectivity index (χ1n) is 8.28. The first-order chi connectivity index (χ1) is 9.16. The third kappa shape index (κ3) is 33.3. The van der Waals surface area contributed by atoms with Crippen molar-refractivity contribution in [2.75, 3.05) is 76.0 Å². The van der Waals surface area contributed by atoms with E-state index in [1.807, 2.05) is 28.1 Å². The predicted molar refractivity (Wildman–Crippen MR) is 96.1 cm³/mol. The lowest BCUT2D eigenvalue weighted by molar-refractivity contribution is -0.918. The SMILES string of the molecule is CCC(O)[N+](C)(C)C.CC[N+](C)(C)C.CC[N+](C)(C)CC.[F-].[F-].[F-]. The van der Waals surface area contributed by atoms with E-state index in [0.717, 1.165) is 15.4 Å². The first-order valence-corrected chi connectivity index (χ1v) is 8.28. The van der Waals surface area contributed by atoms with Crippen molar-refractivity contribution in [1.82, 2.24) is 0 Å². The summed E-state index contributed by atoms with van der Waals surface area (Å²) in [4.78, 5) is 0. The van der Waals surface area contributed by atoms with E-state index in [-0.39, 0.29) is 20.3 Å². The summed E-state index contributed by atoms with van der Waals surface area (Å²) in [5.74, 6) is 0. The Bertz CT molecular complexity index is 234. The van der Waals surface area contributed by atoms with E-state index in [2.05, 4.69) is 56.0 Å². The Morgan fingerprint density at radius 2 is 0.875 bits per heavy atom. The molecule has 1 atom stereocenters. The van der Waals surface area contributed by atoms with Crippen LogP contribution in [0, 0.1) is 0 Å². The molecule has 0 fully saturated rings. The highest BCUT2D eigenvalue weighted by Crippen LogP contribution is 2.01. The number of nitrogens with zero attached hydrogens (tertiary/aromatic N) is 3. The summed E-state index contributed by atoms with van der Waals surface area (Å²) in [5, 5.41) is 9.17. The third-order valence-electron chi connectivity index (χ3n) is 3.92. The van der Waals surface area contributed by atoms with Crippen LogP contribution in [0.1, 0.15) is 34.1 Å². The molecule has 0 aliphatic heterocycles. The van der Waals surface area contributed by atoms with E-state index in [9.17, 15) is 0 Å². The van der Waals surface area contributed by atoms with Gasteiger partial charge >= 0.3 is 0 Å². The molecule has 0 aliphatic carbocycles. The molecule has 24 heavy (non-hydrogen) atoms. The highest BCUT2D eigenvalue weighted by Gasteiger charge is 2.16. The molecule has 4 nitrogen and oxygen atoms in total. The Kier molecular flexibility index (Phi) is 28.3. The van der Waals surface area contributed by atoms with Crippen LogP contribution in [0.3, 0.4) is 0 Å². The molecule has 0 amide bonds. The molecule has 7 heteroatoms. The van der Waals surface area contributed by atoms with Crippen LogP contribution >= 0.6 is 0 Å². The van der Waals surface area contributed by atoms with Crippen molar-refractivity contribution in [2.24, 2.45) is 0 Å². The Hall–Kier alpha value is -0.370. The highest BCUT2D eigenvalue weighted by molar-refractivity contribution is 4.30. The third-order valence-corrected chi connectivity index (χ3v) is 3.92. The quantitative estimate of drug-likeness (QED) is 0.379. The zero-order valence-corrected chi connectivity index (χ0v) is 18.3. The topological polar surface area (TPSA) is 20.2 Å². The van der Waals surface area contributed by atoms with Crippen LogP contribution in [0.25, 0.3) is 0 Å². The minimum atomic E-state index is -0.213. The molecule has 156 valence electrons. The van der Waals surface area contributed by atoms with Crippen molar-refractivity contribution >= 4 is 0 Å². The molecule has 0 aromatic rings. The van der Waals surface area contributed by atoms with Crippen LogP contribution in [0.4, 0.5) is 0 Å². The van der Waals surface area contributed by atoms with Crippen molar-refractivity contribution in [3.05, 3.63) is 0 Å². The maximum Gasteiger partial charge on any atom is 0.189 e. The van der Waals surface area contributed by atoms with E-state index in [4.69, 9.17) is 5.11 Å². The standard InChI is InChI=1S/C6H16NO.C6H16N.C5H14N.3FH/c1-5-6(8)7(2,3)4;1-5-7(3,4)6-2;1-5-6(2,3)4;;;/h6,8H,5H2,1-4H3;5-6H2,1-4H3;5H2,1-4H3;3*1H/q3*+1;;;/p-3. The maximum atomic E-state index is 9.17. The van der Waals surface area contributed by atoms with Crippen LogP contribution in [0.5, 0.6) is 0 Å². The molecular weight excluding hydrogens is 319 g/mol. The van der Waals surface area contributed by atoms with Gasteiger partial charge in [-0.25, -0.2) is 0 Å². The molecule has 0 radical (unpaired) electrons. The van der Waals surface area contributed by atoms with Crippen LogP contribution in [-0.2, 0) is 0 Å². The van der Waals surface area contributed by atoms with E-state index < -0.39 is 0 Å². The lowest BCUT2D eigenvalue weighted by Crippen LogP contribution is -3.00. The van der Waals surface area contributed by atoms with Gasteiger partial charge in [-0.3, -0.25) is 0 Å². The normalized spacial score (nSPS) is 11.9. The summed E-state index contributed by atoms with van der Waals surface area (Å²) in [7, 11) is 17.0. The number of quaternary nitrogens is 3. The van der Waals surface area contributed by atoms with Gasteiger partial charge < -0.3 is 32.7 Å². The first kappa shape index (κ1) is 38.9. The van der Waals surface area contributed by atoms with Crippen LogP contribution in [0.15, 0.2) is 0 Å². The minimum absolute atomic E-state index is 0. The zero-order valence-electron chi connectivity index (χ0n) is 18.3. The molecule has 0 bridgehead atoms. The van der Waals surface area contributed by atoms with Gasteiger partial charge in [0.2, 0.25) is 0 Å². The molecule has 0 aliphatic rings. The van der Waals surface area contributed by atoms with Gasteiger partial charge in [-0.2, -0.15) is 0 Å². The van der Waals surface area contributed by atoms with Crippen molar-refractivity contribution < 1.29 is 32.7 Å². The predicted octanol–water partition coefficient (Wildman–Crippen LogP) is -6.75. The Labute approximate surface area is 149 Å². The second-order valence-corrected chi connectivity index (χ2v) is 8.18. The molecule has 0 aromatic heterocycles. The molecule has 1 unspecified atom stereocenters. The van der Waals surface area contributed by atoms with Gasteiger partial charge in [-0.05, 0) is 20.8 Å². The molecule has 0 heterocycles. The molecule has 0 rings (SSSR count).